The Bertz CT molecular complexity index is 600. The molecule has 0 aliphatic heterocycles. The van der Waals surface area contributed by atoms with Gasteiger partial charge in [-0.1, -0.05) is 17.3 Å². The van der Waals surface area contributed by atoms with Gasteiger partial charge in [0.05, 0.1) is 6.54 Å². The van der Waals surface area contributed by atoms with Crippen LogP contribution >= 0.6 is 12.4 Å². The van der Waals surface area contributed by atoms with Crippen LogP contribution in [0.1, 0.15) is 11.3 Å². The third kappa shape index (κ3) is 5.45. The third-order valence-electron chi connectivity index (χ3n) is 2.71. The summed E-state index contributed by atoms with van der Waals surface area (Å²) in [6.45, 7) is 2.69. The van der Waals surface area contributed by atoms with Gasteiger partial charge in [0.2, 0.25) is 5.91 Å². The maximum Gasteiger partial charge on any atom is 0.239 e. The van der Waals surface area contributed by atoms with Gasteiger partial charge in [-0.2, -0.15) is 0 Å². The summed E-state index contributed by atoms with van der Waals surface area (Å²) in [6, 6.07) is 9.29. The molecular weight excluding hydrogens is 292 g/mol. The number of anilines is 2. The highest BCUT2D eigenvalue weighted by molar-refractivity contribution is 5.91. The van der Waals surface area contributed by atoms with Gasteiger partial charge in [0, 0.05) is 18.3 Å². The van der Waals surface area contributed by atoms with Crippen molar-refractivity contribution in [2.24, 2.45) is 0 Å². The van der Waals surface area contributed by atoms with Gasteiger partial charge >= 0.3 is 0 Å². The summed E-state index contributed by atoms with van der Waals surface area (Å²) in [5.41, 5.74) is 7.51. The molecule has 0 atom stereocenters. The van der Waals surface area contributed by atoms with E-state index in [1.807, 2.05) is 36.2 Å². The molecule has 21 heavy (non-hydrogen) atoms. The number of nitrogens with two attached hydrogens (primary N) is 1. The molecule has 2 aromatic rings. The lowest BCUT2D eigenvalue weighted by molar-refractivity contribution is -0.117. The second kappa shape index (κ2) is 7.66. The Labute approximate surface area is 129 Å². The minimum absolute atomic E-state index is 0. The van der Waals surface area contributed by atoms with E-state index in [0.29, 0.717) is 18.1 Å². The van der Waals surface area contributed by atoms with E-state index < -0.39 is 0 Å². The molecule has 0 aliphatic rings. The first kappa shape index (κ1) is 17.0. The summed E-state index contributed by atoms with van der Waals surface area (Å²) in [5, 5.41) is 6.40. The van der Waals surface area contributed by atoms with Crippen LogP contribution in [0.15, 0.2) is 34.9 Å². The van der Waals surface area contributed by atoms with Gasteiger partial charge in [-0.15, -0.1) is 12.4 Å². The number of benzene rings is 1. The molecule has 0 saturated heterocycles. The van der Waals surface area contributed by atoms with Crippen molar-refractivity contribution < 1.29 is 9.32 Å². The second-order valence-electron chi connectivity index (χ2n) is 4.79. The fourth-order valence-corrected chi connectivity index (χ4v) is 1.91. The Hall–Kier alpha value is -2.05. The van der Waals surface area contributed by atoms with Crippen LogP contribution in [0.2, 0.25) is 0 Å². The van der Waals surface area contributed by atoms with Crippen LogP contribution in [0.3, 0.4) is 0 Å². The van der Waals surface area contributed by atoms with Crippen molar-refractivity contribution in [2.75, 3.05) is 24.6 Å². The minimum Gasteiger partial charge on any atom is -0.399 e. The minimum atomic E-state index is -0.135. The number of carbonyl (C=O) groups is 1. The Kier molecular flexibility index (Phi) is 6.20. The van der Waals surface area contributed by atoms with E-state index in [0.717, 1.165) is 11.3 Å². The first-order valence-electron chi connectivity index (χ1n) is 6.29. The molecule has 3 N–H and O–H groups in total. The van der Waals surface area contributed by atoms with E-state index in [-0.39, 0.29) is 24.9 Å². The number of amides is 1. The van der Waals surface area contributed by atoms with Gasteiger partial charge in [0.1, 0.15) is 5.76 Å². The number of rotatable bonds is 5. The zero-order chi connectivity index (χ0) is 14.5. The number of nitrogen functional groups attached to an aromatic ring is 1. The molecule has 0 fully saturated rings. The van der Waals surface area contributed by atoms with Crippen molar-refractivity contribution in [2.45, 2.75) is 13.5 Å². The Morgan fingerprint density at radius 2 is 2.19 bits per heavy atom. The normalized spacial score (nSPS) is 10.2. The number of nitrogens with one attached hydrogen (secondary N) is 1. The molecule has 6 nitrogen and oxygen atoms in total. The van der Waals surface area contributed by atoms with E-state index in [4.69, 9.17) is 10.3 Å². The number of aryl methyl sites for hydroxylation is 1. The molecule has 7 heteroatoms. The lowest BCUT2D eigenvalue weighted by atomic mass is 10.2. The number of hydrogen-bond donors (Lipinski definition) is 2. The summed E-state index contributed by atoms with van der Waals surface area (Å²) in [6.07, 6.45) is 0. The van der Waals surface area contributed by atoms with Crippen LogP contribution in [-0.2, 0) is 11.3 Å². The molecule has 1 aromatic heterocycles. The van der Waals surface area contributed by atoms with E-state index in [9.17, 15) is 4.79 Å². The topological polar surface area (TPSA) is 84.4 Å². The maximum absolute atomic E-state index is 11.8. The molecule has 114 valence electrons. The number of likely N-dealkylation sites (N-methyl/N-ethyl adjacent to an activating group) is 1. The van der Waals surface area contributed by atoms with Gasteiger partial charge in [0.25, 0.3) is 0 Å². The maximum atomic E-state index is 11.8. The van der Waals surface area contributed by atoms with Crippen molar-refractivity contribution in [3.8, 4) is 0 Å². The Morgan fingerprint density at radius 1 is 1.43 bits per heavy atom. The summed E-state index contributed by atoms with van der Waals surface area (Å²) < 4.78 is 4.89. The van der Waals surface area contributed by atoms with Crippen LogP contribution in [-0.4, -0.2) is 29.6 Å². The van der Waals surface area contributed by atoms with Gasteiger partial charge in [-0.05, 0) is 31.7 Å². The Balaban J connectivity index is 0.00000220. The van der Waals surface area contributed by atoms with Crippen LogP contribution < -0.4 is 11.1 Å². The van der Waals surface area contributed by atoms with Crippen molar-refractivity contribution in [1.82, 2.24) is 10.1 Å². The van der Waals surface area contributed by atoms with Gasteiger partial charge in [0.15, 0.2) is 5.82 Å². The lowest BCUT2D eigenvalue weighted by Gasteiger charge is -2.16. The highest BCUT2D eigenvalue weighted by atomic mass is 35.5. The van der Waals surface area contributed by atoms with Crippen LogP contribution in [0.4, 0.5) is 11.5 Å². The quantitative estimate of drug-likeness (QED) is 0.826. The SMILES string of the molecule is Cc1cc(NC(=O)CN(C)Cc2cccc(N)c2)no1.Cl. The summed E-state index contributed by atoms with van der Waals surface area (Å²) in [7, 11) is 1.87. The highest BCUT2D eigenvalue weighted by Crippen LogP contribution is 2.09. The molecule has 0 spiro atoms. The van der Waals surface area contributed by atoms with Gasteiger partial charge < -0.3 is 15.6 Å². The largest absolute Gasteiger partial charge is 0.399 e. The number of hydrogen-bond acceptors (Lipinski definition) is 5. The lowest BCUT2D eigenvalue weighted by Crippen LogP contribution is -2.29. The Morgan fingerprint density at radius 3 is 2.81 bits per heavy atom. The van der Waals surface area contributed by atoms with Crippen LogP contribution in [0.25, 0.3) is 0 Å². The fraction of sp³-hybridized carbons (Fsp3) is 0.286. The highest BCUT2D eigenvalue weighted by Gasteiger charge is 2.09. The van der Waals surface area contributed by atoms with Gasteiger partial charge in [-0.25, -0.2) is 0 Å². The smallest absolute Gasteiger partial charge is 0.239 e. The van der Waals surface area contributed by atoms with Crippen molar-refractivity contribution in [3.05, 3.63) is 41.7 Å². The number of aromatic nitrogens is 1. The van der Waals surface area contributed by atoms with E-state index >= 15 is 0 Å². The van der Waals surface area contributed by atoms with Crippen molar-refractivity contribution >= 4 is 29.8 Å². The average Bonchev–Trinajstić information content (AvgIpc) is 2.74. The second-order valence-corrected chi connectivity index (χ2v) is 4.79. The molecule has 1 amide bonds. The monoisotopic (exact) mass is 310 g/mol. The molecule has 1 heterocycles. The van der Waals surface area contributed by atoms with E-state index in [2.05, 4.69) is 10.5 Å². The van der Waals surface area contributed by atoms with Crippen molar-refractivity contribution in [1.29, 1.82) is 0 Å². The molecule has 1 aromatic carbocycles. The number of halogens is 1. The van der Waals surface area contributed by atoms with E-state index in [1.165, 1.54) is 0 Å². The van der Waals surface area contributed by atoms with Crippen molar-refractivity contribution in [3.63, 3.8) is 0 Å². The molecule has 0 unspecified atom stereocenters. The summed E-state index contributed by atoms with van der Waals surface area (Å²) in [4.78, 5) is 13.7. The number of carbonyl (C=O) groups excluding carboxylic acids is 1. The third-order valence-corrected chi connectivity index (χ3v) is 2.71. The molecule has 0 radical (unpaired) electrons. The zero-order valence-electron chi connectivity index (χ0n) is 12.0. The molecule has 2 rings (SSSR count). The zero-order valence-corrected chi connectivity index (χ0v) is 12.8. The fourth-order valence-electron chi connectivity index (χ4n) is 1.91. The molecule has 0 aliphatic carbocycles. The van der Waals surface area contributed by atoms with Crippen LogP contribution in [0, 0.1) is 6.92 Å². The molecule has 0 bridgehead atoms. The standard InChI is InChI=1S/C14H18N4O2.ClH/c1-10-6-13(17-20-10)16-14(19)9-18(2)8-11-4-3-5-12(15)7-11;/h3-7H,8-9,15H2,1-2H3,(H,16,17,19);1H. The van der Waals surface area contributed by atoms with Crippen LogP contribution in [0.5, 0.6) is 0 Å². The molecule has 0 saturated carbocycles. The predicted molar refractivity (Wildman–Crippen MR) is 84.3 cm³/mol. The summed E-state index contributed by atoms with van der Waals surface area (Å²) in [5.74, 6) is 0.961. The first-order valence-corrected chi connectivity index (χ1v) is 6.29. The first-order chi connectivity index (χ1) is 9.52. The predicted octanol–water partition coefficient (Wildman–Crippen LogP) is 2.06. The number of nitrogens with zero attached hydrogens (tertiary/aromatic N) is 2. The summed E-state index contributed by atoms with van der Waals surface area (Å²) >= 11 is 0. The average molecular weight is 311 g/mol. The van der Waals surface area contributed by atoms with E-state index in [1.54, 1.807) is 13.0 Å². The van der Waals surface area contributed by atoms with Gasteiger partial charge in [-0.3, -0.25) is 9.69 Å². The molecular formula is C14H19ClN4O2.